The van der Waals surface area contributed by atoms with Gasteiger partial charge in [-0.05, 0) is 61.2 Å². The second-order valence-corrected chi connectivity index (χ2v) is 8.95. The monoisotopic (exact) mass is 432 g/mol. The number of hydrogen-bond donors (Lipinski definition) is 0. The highest BCUT2D eigenvalue weighted by molar-refractivity contribution is 7.17. The molecule has 1 radical (unpaired) electrons. The van der Waals surface area contributed by atoms with Gasteiger partial charge in [-0.1, -0.05) is 6.07 Å². The van der Waals surface area contributed by atoms with E-state index in [1.54, 1.807) is 6.08 Å². The summed E-state index contributed by atoms with van der Waals surface area (Å²) in [6, 6.07) is 14.6. The maximum atomic E-state index is 11.4. The fourth-order valence-corrected chi connectivity index (χ4v) is 5.07. The van der Waals surface area contributed by atoms with Crippen molar-refractivity contribution in [2.45, 2.75) is 12.8 Å². The van der Waals surface area contributed by atoms with Crippen LogP contribution in [0.2, 0.25) is 0 Å². The van der Waals surface area contributed by atoms with Crippen LogP contribution in [0.4, 0.5) is 11.4 Å². The predicted octanol–water partition coefficient (Wildman–Crippen LogP) is 4.67. The molecular formula is C25H26N3O2S. The van der Waals surface area contributed by atoms with Crippen LogP contribution in [0.1, 0.15) is 18.4 Å². The van der Waals surface area contributed by atoms with Gasteiger partial charge in [0.1, 0.15) is 5.75 Å². The van der Waals surface area contributed by atoms with Gasteiger partial charge in [0.2, 0.25) is 0 Å². The molecule has 0 spiro atoms. The molecule has 0 saturated carbocycles. The Labute approximate surface area is 186 Å². The third-order valence-electron chi connectivity index (χ3n) is 5.96. The zero-order chi connectivity index (χ0) is 21.0. The summed E-state index contributed by atoms with van der Waals surface area (Å²) in [7, 11) is 0. The fraction of sp³-hybridized carbons (Fsp3) is 0.320. The van der Waals surface area contributed by atoms with Crippen LogP contribution in [-0.2, 0) is 4.79 Å². The number of carbonyl (C=O) groups is 1. The highest BCUT2D eigenvalue weighted by Crippen LogP contribution is 2.31. The Balaban J connectivity index is 1.04. The molecule has 0 atom stereocenters. The molecule has 1 aromatic heterocycles. The molecule has 2 aliphatic rings. The van der Waals surface area contributed by atoms with Gasteiger partial charge in [0, 0.05) is 59.7 Å². The van der Waals surface area contributed by atoms with Gasteiger partial charge in [-0.3, -0.25) is 9.69 Å². The standard InChI is InChI=1S/C25H26N3O2S/c29-25-9-7-19-6-8-20(18-22(19)26-25)30-16-2-1-11-27-12-14-28(15-13-27)23-4-3-5-24-21(23)10-17-31-24/h3-10,17-18H,1-2,11-16H2. The lowest BCUT2D eigenvalue weighted by Crippen LogP contribution is -2.46. The summed E-state index contributed by atoms with van der Waals surface area (Å²) in [5, 5.41) is 7.60. The van der Waals surface area contributed by atoms with Crippen LogP contribution in [0.3, 0.4) is 0 Å². The second-order valence-electron chi connectivity index (χ2n) is 8.00. The predicted molar refractivity (Wildman–Crippen MR) is 127 cm³/mol. The van der Waals surface area contributed by atoms with Crippen molar-refractivity contribution < 1.29 is 9.53 Å². The second kappa shape index (κ2) is 9.12. The van der Waals surface area contributed by atoms with Gasteiger partial charge >= 0.3 is 0 Å². The lowest BCUT2D eigenvalue weighted by molar-refractivity contribution is -0.115. The first kappa shape index (κ1) is 20.1. The number of thiophene rings is 1. The highest BCUT2D eigenvalue weighted by Gasteiger charge is 2.18. The third-order valence-corrected chi connectivity index (χ3v) is 6.84. The van der Waals surface area contributed by atoms with E-state index in [1.165, 1.54) is 21.8 Å². The minimum atomic E-state index is -0.211. The van der Waals surface area contributed by atoms with Crippen molar-refractivity contribution in [2.24, 2.45) is 0 Å². The summed E-state index contributed by atoms with van der Waals surface area (Å²) in [5.74, 6) is 0.568. The van der Waals surface area contributed by atoms with Crippen molar-refractivity contribution in [2.75, 3.05) is 44.2 Å². The molecule has 3 heterocycles. The Hall–Kier alpha value is -2.83. The number of hydrogen-bond acceptors (Lipinski definition) is 5. The molecule has 0 unspecified atom stereocenters. The number of amides is 1. The molecule has 2 aromatic carbocycles. The molecule has 31 heavy (non-hydrogen) atoms. The van der Waals surface area contributed by atoms with Gasteiger partial charge < -0.3 is 9.64 Å². The van der Waals surface area contributed by atoms with E-state index in [-0.39, 0.29) is 5.91 Å². The summed E-state index contributed by atoms with van der Waals surface area (Å²) in [4.78, 5) is 16.5. The lowest BCUT2D eigenvalue weighted by atomic mass is 10.1. The molecular weight excluding hydrogens is 406 g/mol. The highest BCUT2D eigenvalue weighted by atomic mass is 32.1. The van der Waals surface area contributed by atoms with E-state index in [2.05, 4.69) is 44.8 Å². The van der Waals surface area contributed by atoms with Gasteiger partial charge in [-0.2, -0.15) is 0 Å². The first-order valence-corrected chi connectivity index (χ1v) is 11.8. The van der Waals surface area contributed by atoms with Crippen molar-refractivity contribution in [1.82, 2.24) is 10.2 Å². The van der Waals surface area contributed by atoms with Crippen molar-refractivity contribution in [3.63, 3.8) is 0 Å². The number of piperazine rings is 1. The van der Waals surface area contributed by atoms with Crippen molar-refractivity contribution in [1.29, 1.82) is 0 Å². The molecule has 159 valence electrons. The van der Waals surface area contributed by atoms with Crippen LogP contribution in [0.15, 0.2) is 53.9 Å². The Bertz CT molecular complexity index is 1100. The van der Waals surface area contributed by atoms with Gasteiger partial charge in [0.15, 0.2) is 0 Å². The first-order chi connectivity index (χ1) is 15.3. The van der Waals surface area contributed by atoms with Crippen molar-refractivity contribution in [3.05, 3.63) is 59.5 Å². The number of nitrogens with zero attached hydrogens (tertiary/aromatic N) is 3. The minimum Gasteiger partial charge on any atom is -0.494 e. The first-order valence-electron chi connectivity index (χ1n) is 10.9. The number of fused-ring (bicyclic) bond motifs is 2. The number of benzene rings is 2. The van der Waals surface area contributed by atoms with Crippen LogP contribution in [-0.4, -0.2) is 50.1 Å². The zero-order valence-corrected chi connectivity index (χ0v) is 18.3. The molecule has 3 aromatic rings. The van der Waals surface area contributed by atoms with Crippen LogP contribution >= 0.6 is 11.3 Å². The largest absolute Gasteiger partial charge is 0.494 e. The van der Waals surface area contributed by atoms with Crippen LogP contribution < -0.4 is 15.0 Å². The summed E-state index contributed by atoms with van der Waals surface area (Å²) < 4.78 is 7.25. The smallest absolute Gasteiger partial charge is 0.270 e. The van der Waals surface area contributed by atoms with Gasteiger partial charge in [-0.25, -0.2) is 5.32 Å². The van der Waals surface area contributed by atoms with Gasteiger partial charge in [0.25, 0.3) is 5.91 Å². The Morgan fingerprint density at radius 3 is 2.81 bits per heavy atom. The number of ether oxygens (including phenoxy) is 1. The molecule has 5 nitrogen and oxygen atoms in total. The topological polar surface area (TPSA) is 46.9 Å². The minimum absolute atomic E-state index is 0.211. The molecule has 2 aliphatic heterocycles. The number of unbranched alkanes of at least 4 members (excludes halogenated alkanes) is 1. The molecule has 1 amide bonds. The van der Waals surface area contributed by atoms with E-state index in [1.807, 2.05) is 29.5 Å². The maximum absolute atomic E-state index is 11.4. The van der Waals surface area contributed by atoms with E-state index < -0.39 is 0 Å². The molecule has 1 saturated heterocycles. The Morgan fingerprint density at radius 2 is 1.90 bits per heavy atom. The fourth-order valence-electron chi connectivity index (χ4n) is 4.26. The maximum Gasteiger partial charge on any atom is 0.270 e. The van der Waals surface area contributed by atoms with E-state index in [4.69, 9.17) is 4.74 Å². The number of carbonyl (C=O) groups excluding carboxylic acids is 1. The average molecular weight is 433 g/mol. The summed E-state index contributed by atoms with van der Waals surface area (Å²) in [6.07, 6.45) is 5.43. The van der Waals surface area contributed by atoms with E-state index in [9.17, 15) is 4.79 Å². The van der Waals surface area contributed by atoms with Gasteiger partial charge in [-0.15, -0.1) is 11.3 Å². The quantitative estimate of drug-likeness (QED) is 0.509. The van der Waals surface area contributed by atoms with Crippen LogP contribution in [0.5, 0.6) is 5.75 Å². The summed E-state index contributed by atoms with van der Waals surface area (Å²) in [6.45, 7) is 6.17. The third kappa shape index (κ3) is 4.60. The Kier molecular flexibility index (Phi) is 5.91. The number of rotatable bonds is 7. The zero-order valence-electron chi connectivity index (χ0n) is 17.5. The SMILES string of the molecule is O=C1C=Cc2ccc(OCCCCN3CCN(c4cccc5sccc45)CC3)cc2[N]1. The van der Waals surface area contributed by atoms with Crippen LogP contribution in [0.25, 0.3) is 16.2 Å². The molecule has 0 aliphatic carbocycles. The summed E-state index contributed by atoms with van der Waals surface area (Å²) in [5.41, 5.74) is 3.03. The molecule has 0 bridgehead atoms. The number of anilines is 1. The van der Waals surface area contributed by atoms with Crippen molar-refractivity contribution in [3.8, 4) is 5.75 Å². The van der Waals surface area contributed by atoms with E-state index in [0.29, 0.717) is 12.3 Å². The Morgan fingerprint density at radius 1 is 1.00 bits per heavy atom. The van der Waals surface area contributed by atoms with E-state index in [0.717, 1.165) is 56.9 Å². The van der Waals surface area contributed by atoms with Crippen molar-refractivity contribution >= 4 is 44.8 Å². The normalized spacial score (nSPS) is 16.4. The van der Waals surface area contributed by atoms with E-state index >= 15 is 0 Å². The molecule has 1 fully saturated rings. The van der Waals surface area contributed by atoms with Gasteiger partial charge in [0.05, 0.1) is 12.3 Å². The summed E-state index contributed by atoms with van der Waals surface area (Å²) >= 11 is 1.81. The van der Waals surface area contributed by atoms with Crippen LogP contribution in [0, 0.1) is 0 Å². The molecule has 6 heteroatoms. The molecule has 0 N–H and O–H groups in total. The average Bonchev–Trinajstić information content (AvgIpc) is 3.28. The molecule has 5 rings (SSSR count). The lowest BCUT2D eigenvalue weighted by Gasteiger charge is -2.36.